The molecule has 142 valence electrons. The van der Waals surface area contributed by atoms with E-state index in [0.29, 0.717) is 11.4 Å². The van der Waals surface area contributed by atoms with E-state index in [1.165, 1.54) is 18.2 Å². The molecule has 0 unspecified atom stereocenters. The molecule has 0 fully saturated rings. The van der Waals surface area contributed by atoms with Crippen molar-refractivity contribution < 1.29 is 19.0 Å². The summed E-state index contributed by atoms with van der Waals surface area (Å²) in [5.74, 6) is -0.919. The number of nitro groups is 1. The molecule has 0 bridgehead atoms. The largest absolute Gasteiger partial charge is 0.343 e. The summed E-state index contributed by atoms with van der Waals surface area (Å²) in [7, 11) is 0. The second kappa shape index (κ2) is 8.35. The van der Waals surface area contributed by atoms with Gasteiger partial charge in [-0.05, 0) is 18.2 Å². The van der Waals surface area contributed by atoms with Crippen molar-refractivity contribution in [2.24, 2.45) is 0 Å². The summed E-state index contributed by atoms with van der Waals surface area (Å²) in [4.78, 5) is 41.8. The summed E-state index contributed by atoms with van der Waals surface area (Å²) in [6, 6.07) is 8.49. The Hall–Kier alpha value is -4.35. The van der Waals surface area contributed by atoms with E-state index < -0.39 is 16.7 Å². The Labute approximate surface area is 157 Å². The Kier molecular flexibility index (Phi) is 5.50. The number of nitrogens with zero attached hydrogens (tertiary/aromatic N) is 4. The summed E-state index contributed by atoms with van der Waals surface area (Å²) in [6.07, 6.45) is 3.15. The molecule has 0 radical (unpaired) electrons. The smallest absolute Gasteiger partial charge is 0.340 e. The number of hydrazine groups is 1. The van der Waals surface area contributed by atoms with Gasteiger partial charge in [0.1, 0.15) is 0 Å². The van der Waals surface area contributed by atoms with E-state index in [1.807, 2.05) is 0 Å². The summed E-state index contributed by atoms with van der Waals surface area (Å²) in [5, 5.41) is 16.8. The van der Waals surface area contributed by atoms with Crippen LogP contribution >= 0.6 is 0 Å². The van der Waals surface area contributed by atoms with Crippen LogP contribution in [0.4, 0.5) is 11.7 Å². The van der Waals surface area contributed by atoms with Crippen LogP contribution in [0.1, 0.15) is 10.4 Å². The second-order valence-electron chi connectivity index (χ2n) is 5.32. The van der Waals surface area contributed by atoms with Crippen molar-refractivity contribution in [1.29, 1.82) is 0 Å². The van der Waals surface area contributed by atoms with E-state index in [9.17, 15) is 19.7 Å². The minimum Gasteiger partial charge on any atom is -0.343 e. The van der Waals surface area contributed by atoms with Crippen LogP contribution in [0, 0.1) is 10.1 Å². The third kappa shape index (κ3) is 4.63. The molecule has 2 amide bonds. The summed E-state index contributed by atoms with van der Waals surface area (Å²) in [6.45, 7) is -0.375. The number of pyridine rings is 1. The maximum atomic E-state index is 12.0. The summed E-state index contributed by atoms with van der Waals surface area (Å²) in [5.41, 5.74) is 5.23. The highest BCUT2D eigenvalue weighted by Crippen LogP contribution is 2.15. The number of hydrogen-bond donors (Lipinski definition) is 3. The van der Waals surface area contributed by atoms with E-state index in [0.717, 1.165) is 6.07 Å². The number of benzene rings is 1. The van der Waals surface area contributed by atoms with Gasteiger partial charge in [0.2, 0.25) is 5.82 Å². The van der Waals surface area contributed by atoms with Gasteiger partial charge >= 0.3 is 6.01 Å². The quantitative estimate of drug-likeness (QED) is 0.397. The van der Waals surface area contributed by atoms with E-state index in [1.54, 1.807) is 24.5 Å². The van der Waals surface area contributed by atoms with Crippen LogP contribution in [0.3, 0.4) is 0 Å². The molecule has 0 spiro atoms. The molecule has 0 aliphatic carbocycles. The van der Waals surface area contributed by atoms with Crippen LogP contribution in [0.5, 0.6) is 0 Å². The second-order valence-corrected chi connectivity index (χ2v) is 5.32. The minimum atomic E-state index is -0.628. The van der Waals surface area contributed by atoms with Crippen LogP contribution < -0.4 is 16.2 Å². The third-order valence-electron chi connectivity index (χ3n) is 3.40. The molecule has 0 atom stereocenters. The van der Waals surface area contributed by atoms with Crippen molar-refractivity contribution >= 4 is 23.5 Å². The number of rotatable bonds is 7. The Morgan fingerprint density at radius 3 is 2.71 bits per heavy atom. The molecule has 12 heteroatoms. The van der Waals surface area contributed by atoms with Gasteiger partial charge < -0.3 is 9.84 Å². The van der Waals surface area contributed by atoms with Crippen LogP contribution in [-0.2, 0) is 4.79 Å². The number of hydrogen-bond acceptors (Lipinski definition) is 9. The zero-order chi connectivity index (χ0) is 19.9. The maximum Gasteiger partial charge on any atom is 0.340 e. The average Bonchev–Trinajstić information content (AvgIpc) is 3.20. The number of nitrogens with one attached hydrogen (secondary N) is 3. The fraction of sp³-hybridized carbons (Fsp3) is 0.0625. The Morgan fingerprint density at radius 2 is 1.96 bits per heavy atom. The molecule has 0 saturated carbocycles. The van der Waals surface area contributed by atoms with Gasteiger partial charge in [0.15, 0.2) is 0 Å². The number of non-ortho nitro benzene ring substituents is 1. The van der Waals surface area contributed by atoms with Gasteiger partial charge in [0, 0.05) is 35.7 Å². The average molecular weight is 383 g/mol. The summed E-state index contributed by atoms with van der Waals surface area (Å²) >= 11 is 0. The highest BCUT2D eigenvalue weighted by molar-refractivity contribution is 5.97. The molecule has 0 aliphatic rings. The Morgan fingerprint density at radius 1 is 1.18 bits per heavy atom. The van der Waals surface area contributed by atoms with Gasteiger partial charge in [-0.1, -0.05) is 11.2 Å². The third-order valence-corrected chi connectivity index (χ3v) is 3.40. The Balaban J connectivity index is 1.48. The molecule has 2 heterocycles. The molecule has 28 heavy (non-hydrogen) atoms. The van der Waals surface area contributed by atoms with Crippen LogP contribution in [0.25, 0.3) is 11.4 Å². The van der Waals surface area contributed by atoms with Crippen LogP contribution in [0.15, 0.2) is 53.3 Å². The molecular formula is C16H13N7O5. The van der Waals surface area contributed by atoms with Crippen molar-refractivity contribution in [2.45, 2.75) is 0 Å². The first kappa shape index (κ1) is 18.4. The molecule has 3 N–H and O–H groups in total. The first-order valence-electron chi connectivity index (χ1n) is 7.84. The Bertz CT molecular complexity index is 1010. The van der Waals surface area contributed by atoms with Crippen molar-refractivity contribution in [3.8, 4) is 11.4 Å². The normalized spacial score (nSPS) is 10.1. The monoisotopic (exact) mass is 383 g/mol. The van der Waals surface area contributed by atoms with Gasteiger partial charge in [0.25, 0.3) is 17.5 Å². The first-order chi connectivity index (χ1) is 13.5. The van der Waals surface area contributed by atoms with Gasteiger partial charge in [-0.2, -0.15) is 4.98 Å². The fourth-order valence-corrected chi connectivity index (χ4v) is 2.08. The summed E-state index contributed by atoms with van der Waals surface area (Å²) < 4.78 is 4.94. The number of carbonyl (C=O) groups is 2. The lowest BCUT2D eigenvalue weighted by atomic mass is 10.2. The van der Waals surface area contributed by atoms with Gasteiger partial charge in [-0.3, -0.25) is 30.1 Å². The zero-order valence-corrected chi connectivity index (χ0v) is 14.2. The lowest BCUT2D eigenvalue weighted by molar-refractivity contribution is -0.384. The number of anilines is 1. The van der Waals surface area contributed by atoms with E-state index in [2.05, 4.69) is 31.3 Å². The minimum absolute atomic E-state index is 0.0508. The molecule has 12 nitrogen and oxygen atoms in total. The topological polar surface area (TPSA) is 165 Å². The zero-order valence-electron chi connectivity index (χ0n) is 14.2. The molecule has 0 aliphatic heterocycles. The van der Waals surface area contributed by atoms with Crippen molar-refractivity contribution in [3.63, 3.8) is 0 Å². The van der Waals surface area contributed by atoms with E-state index in [4.69, 9.17) is 4.52 Å². The lowest BCUT2D eigenvalue weighted by Gasteiger charge is -2.06. The predicted octanol–water partition coefficient (Wildman–Crippen LogP) is 0.913. The molecule has 2 aromatic heterocycles. The highest BCUT2D eigenvalue weighted by Gasteiger charge is 2.13. The van der Waals surface area contributed by atoms with Crippen molar-refractivity contribution in [2.75, 3.05) is 12.0 Å². The molecular weight excluding hydrogens is 370 g/mol. The van der Waals surface area contributed by atoms with Crippen LogP contribution in [-0.4, -0.2) is 38.4 Å². The van der Waals surface area contributed by atoms with E-state index >= 15 is 0 Å². The SMILES string of the molecule is O=C(CNC(=O)c1cccc([N+](=O)[O-])c1)NNc1nc(-c2ccncc2)no1. The van der Waals surface area contributed by atoms with Gasteiger partial charge in [0.05, 0.1) is 11.5 Å². The van der Waals surface area contributed by atoms with Crippen LogP contribution in [0.2, 0.25) is 0 Å². The maximum absolute atomic E-state index is 12.0. The molecule has 1 aromatic carbocycles. The first-order valence-corrected chi connectivity index (χ1v) is 7.84. The lowest BCUT2D eigenvalue weighted by Crippen LogP contribution is -2.39. The standard InChI is InChI=1S/C16H13N7O5/c24-13(9-18-15(25)11-2-1-3-12(8-11)23(26)27)20-21-16-19-14(22-28-16)10-4-6-17-7-5-10/h1-8H,9H2,(H,18,25)(H,20,24)(H,19,21,22). The van der Waals surface area contributed by atoms with E-state index in [-0.39, 0.29) is 23.8 Å². The van der Waals surface area contributed by atoms with Crippen molar-refractivity contribution in [1.82, 2.24) is 25.9 Å². The molecule has 0 saturated heterocycles. The number of aromatic nitrogens is 3. The fourth-order valence-electron chi connectivity index (χ4n) is 2.08. The highest BCUT2D eigenvalue weighted by atomic mass is 16.6. The van der Waals surface area contributed by atoms with Gasteiger partial charge in [-0.25, -0.2) is 5.43 Å². The number of amides is 2. The van der Waals surface area contributed by atoms with Gasteiger partial charge in [-0.15, -0.1) is 0 Å². The van der Waals surface area contributed by atoms with Crippen molar-refractivity contribution in [3.05, 3.63) is 64.5 Å². The number of carbonyl (C=O) groups excluding carboxylic acids is 2. The molecule has 3 rings (SSSR count). The molecule has 3 aromatic rings. The number of nitro benzene ring substituents is 1. The predicted molar refractivity (Wildman–Crippen MR) is 94.7 cm³/mol.